The first kappa shape index (κ1) is 15.1. The molecule has 0 fully saturated rings. The Bertz CT molecular complexity index is 623. The molecule has 2 rings (SSSR count). The number of aliphatic hydroxyl groups is 1. The van der Waals surface area contributed by atoms with Gasteiger partial charge in [-0.2, -0.15) is 13.2 Å². The summed E-state index contributed by atoms with van der Waals surface area (Å²) in [6.07, 6.45) is -5.50. The molecule has 1 nitrogen and oxygen atoms in total. The van der Waals surface area contributed by atoms with Gasteiger partial charge in [-0.25, -0.2) is 0 Å². The summed E-state index contributed by atoms with van der Waals surface area (Å²) >= 11 is 3.34. The van der Waals surface area contributed by atoms with E-state index in [1.165, 1.54) is 12.1 Å². The number of alkyl halides is 3. The van der Waals surface area contributed by atoms with E-state index in [0.717, 1.165) is 22.2 Å². The van der Waals surface area contributed by atoms with Crippen LogP contribution in [0.3, 0.4) is 0 Å². The van der Waals surface area contributed by atoms with Gasteiger partial charge in [-0.05, 0) is 41.8 Å². The van der Waals surface area contributed by atoms with Crippen molar-refractivity contribution in [2.24, 2.45) is 0 Å². The van der Waals surface area contributed by atoms with Crippen LogP contribution in [0.15, 0.2) is 46.9 Å². The molecule has 0 amide bonds. The summed E-state index contributed by atoms with van der Waals surface area (Å²) in [5.74, 6) is 0. The van der Waals surface area contributed by atoms with E-state index >= 15 is 0 Å². The highest BCUT2D eigenvalue weighted by atomic mass is 79.9. The summed E-state index contributed by atoms with van der Waals surface area (Å²) in [6.45, 7) is 1.89. The summed E-state index contributed by atoms with van der Waals surface area (Å²) in [6, 6.07) is 9.94. The molecular weight excluding hydrogens is 333 g/mol. The Kier molecular flexibility index (Phi) is 4.20. The molecule has 2 aromatic carbocycles. The van der Waals surface area contributed by atoms with Crippen LogP contribution in [0, 0.1) is 6.92 Å². The van der Waals surface area contributed by atoms with Crippen LogP contribution in [-0.4, -0.2) is 5.11 Å². The SMILES string of the molecule is Cc1ccc(C(O)c2cccc(C(F)(F)F)c2)cc1Br. The molecule has 0 aromatic heterocycles. The molecule has 1 unspecified atom stereocenters. The van der Waals surface area contributed by atoms with Crippen LogP contribution in [0.5, 0.6) is 0 Å². The fraction of sp³-hybridized carbons (Fsp3) is 0.200. The van der Waals surface area contributed by atoms with Gasteiger partial charge in [-0.3, -0.25) is 0 Å². The zero-order valence-corrected chi connectivity index (χ0v) is 12.2. The average Bonchev–Trinajstić information content (AvgIpc) is 2.40. The minimum absolute atomic E-state index is 0.218. The summed E-state index contributed by atoms with van der Waals surface area (Å²) < 4.78 is 38.8. The van der Waals surface area contributed by atoms with E-state index in [1.807, 2.05) is 6.92 Å². The predicted molar refractivity (Wildman–Crippen MR) is 74.4 cm³/mol. The van der Waals surface area contributed by atoms with Crippen LogP contribution in [-0.2, 0) is 6.18 Å². The molecule has 0 saturated carbocycles. The maximum Gasteiger partial charge on any atom is 0.416 e. The maximum atomic E-state index is 12.7. The Morgan fingerprint density at radius 1 is 1.05 bits per heavy atom. The number of hydrogen-bond donors (Lipinski definition) is 1. The van der Waals surface area contributed by atoms with E-state index in [2.05, 4.69) is 15.9 Å². The van der Waals surface area contributed by atoms with Gasteiger partial charge in [-0.15, -0.1) is 0 Å². The molecule has 0 saturated heterocycles. The second-order valence-electron chi connectivity index (χ2n) is 4.53. The minimum atomic E-state index is -4.41. The average molecular weight is 345 g/mol. The third kappa shape index (κ3) is 3.22. The van der Waals surface area contributed by atoms with E-state index in [-0.39, 0.29) is 5.56 Å². The van der Waals surface area contributed by atoms with Crippen molar-refractivity contribution in [1.29, 1.82) is 0 Å². The van der Waals surface area contributed by atoms with E-state index in [0.29, 0.717) is 5.56 Å². The predicted octanol–water partition coefficient (Wildman–Crippen LogP) is 4.86. The number of benzene rings is 2. The van der Waals surface area contributed by atoms with Crippen LogP contribution < -0.4 is 0 Å². The van der Waals surface area contributed by atoms with Gasteiger partial charge in [0.1, 0.15) is 6.10 Å². The van der Waals surface area contributed by atoms with E-state index in [1.54, 1.807) is 18.2 Å². The molecule has 5 heteroatoms. The van der Waals surface area contributed by atoms with E-state index < -0.39 is 17.8 Å². The first-order chi connectivity index (χ1) is 9.29. The molecule has 0 aliphatic heterocycles. The molecule has 0 aliphatic carbocycles. The molecule has 1 atom stereocenters. The smallest absolute Gasteiger partial charge is 0.384 e. The number of aliphatic hydroxyl groups excluding tert-OH is 1. The van der Waals surface area contributed by atoms with Crippen molar-refractivity contribution in [2.75, 3.05) is 0 Å². The van der Waals surface area contributed by atoms with Crippen molar-refractivity contribution < 1.29 is 18.3 Å². The molecule has 1 N–H and O–H groups in total. The molecular formula is C15H12BrF3O. The Morgan fingerprint density at radius 3 is 2.30 bits per heavy atom. The van der Waals surface area contributed by atoms with Gasteiger partial charge >= 0.3 is 6.18 Å². The summed E-state index contributed by atoms with van der Waals surface area (Å²) in [7, 11) is 0. The fourth-order valence-corrected chi connectivity index (χ4v) is 2.25. The van der Waals surface area contributed by atoms with Crippen molar-refractivity contribution in [1.82, 2.24) is 0 Å². The fourth-order valence-electron chi connectivity index (χ4n) is 1.86. The highest BCUT2D eigenvalue weighted by molar-refractivity contribution is 9.10. The third-order valence-corrected chi connectivity index (χ3v) is 3.90. The molecule has 0 bridgehead atoms. The van der Waals surface area contributed by atoms with Gasteiger partial charge < -0.3 is 5.11 Å². The molecule has 20 heavy (non-hydrogen) atoms. The van der Waals surface area contributed by atoms with Gasteiger partial charge in [0, 0.05) is 4.47 Å². The van der Waals surface area contributed by atoms with Gasteiger partial charge in [0.15, 0.2) is 0 Å². The third-order valence-electron chi connectivity index (χ3n) is 3.04. The lowest BCUT2D eigenvalue weighted by Gasteiger charge is -2.15. The molecule has 0 heterocycles. The van der Waals surface area contributed by atoms with Gasteiger partial charge in [0.2, 0.25) is 0 Å². The molecule has 106 valence electrons. The lowest BCUT2D eigenvalue weighted by atomic mass is 9.99. The van der Waals surface area contributed by atoms with Crippen molar-refractivity contribution in [3.63, 3.8) is 0 Å². The first-order valence-electron chi connectivity index (χ1n) is 5.90. The number of aryl methyl sites for hydroxylation is 1. The standard InChI is InChI=1S/C15H12BrF3O/c1-9-5-6-11(8-13(9)16)14(20)10-3-2-4-12(7-10)15(17,18)19/h2-8,14,20H,1H3. The quantitative estimate of drug-likeness (QED) is 0.824. The lowest BCUT2D eigenvalue weighted by Crippen LogP contribution is -2.07. The Morgan fingerprint density at radius 2 is 1.70 bits per heavy atom. The van der Waals surface area contributed by atoms with Crippen molar-refractivity contribution in [2.45, 2.75) is 19.2 Å². The highest BCUT2D eigenvalue weighted by Crippen LogP contribution is 2.32. The zero-order chi connectivity index (χ0) is 14.9. The summed E-state index contributed by atoms with van der Waals surface area (Å²) in [5.41, 5.74) is 0.989. The van der Waals surface area contributed by atoms with Gasteiger partial charge in [-0.1, -0.05) is 40.2 Å². The number of hydrogen-bond acceptors (Lipinski definition) is 1. The number of rotatable bonds is 2. The molecule has 0 aliphatic rings. The zero-order valence-electron chi connectivity index (χ0n) is 10.6. The summed E-state index contributed by atoms with van der Waals surface area (Å²) in [4.78, 5) is 0. The van der Waals surface area contributed by atoms with Crippen LogP contribution in [0.1, 0.15) is 28.4 Å². The topological polar surface area (TPSA) is 20.2 Å². The van der Waals surface area contributed by atoms with Crippen molar-refractivity contribution in [3.05, 3.63) is 69.2 Å². The lowest BCUT2D eigenvalue weighted by molar-refractivity contribution is -0.137. The van der Waals surface area contributed by atoms with Crippen LogP contribution in [0.2, 0.25) is 0 Å². The van der Waals surface area contributed by atoms with Crippen molar-refractivity contribution in [3.8, 4) is 0 Å². The molecule has 2 aromatic rings. The molecule has 0 radical (unpaired) electrons. The van der Waals surface area contributed by atoms with E-state index in [9.17, 15) is 18.3 Å². The normalized spacial score (nSPS) is 13.3. The monoisotopic (exact) mass is 344 g/mol. The van der Waals surface area contributed by atoms with Crippen LogP contribution >= 0.6 is 15.9 Å². The number of halogens is 4. The summed E-state index contributed by atoms with van der Waals surface area (Å²) in [5, 5.41) is 10.2. The second kappa shape index (κ2) is 5.58. The Hall–Kier alpha value is -1.33. The Balaban J connectivity index is 2.38. The largest absolute Gasteiger partial charge is 0.416 e. The maximum absolute atomic E-state index is 12.7. The Labute approximate surface area is 123 Å². The van der Waals surface area contributed by atoms with Crippen LogP contribution in [0.25, 0.3) is 0 Å². The first-order valence-corrected chi connectivity index (χ1v) is 6.69. The van der Waals surface area contributed by atoms with Gasteiger partial charge in [0.25, 0.3) is 0 Å². The van der Waals surface area contributed by atoms with Crippen LogP contribution in [0.4, 0.5) is 13.2 Å². The van der Waals surface area contributed by atoms with Gasteiger partial charge in [0.05, 0.1) is 5.56 Å². The molecule has 0 spiro atoms. The highest BCUT2D eigenvalue weighted by Gasteiger charge is 2.31. The van der Waals surface area contributed by atoms with E-state index in [4.69, 9.17) is 0 Å². The second-order valence-corrected chi connectivity index (χ2v) is 5.39. The minimum Gasteiger partial charge on any atom is -0.384 e. The van der Waals surface area contributed by atoms with Crippen molar-refractivity contribution >= 4 is 15.9 Å².